The molecule has 1 aliphatic heterocycles. The van der Waals surface area contributed by atoms with Crippen molar-refractivity contribution < 1.29 is 0 Å². The Balaban J connectivity index is 3.05. The molecule has 0 amide bonds. The van der Waals surface area contributed by atoms with Crippen LogP contribution in [0, 0.1) is 0 Å². The van der Waals surface area contributed by atoms with E-state index >= 15 is 0 Å². The molecular weight excluding hydrogens is 222 g/mol. The molecule has 1 aliphatic rings. The minimum absolute atomic E-state index is 0.307. The molecule has 0 aliphatic carbocycles. The van der Waals surface area contributed by atoms with Gasteiger partial charge in [-0.15, -0.1) is 13.2 Å². The SMILES string of the molecule is C=C[Si]1(C=C)N[SiH2]N(C)[Si](C)(C)N1C. The van der Waals surface area contributed by atoms with Gasteiger partial charge in [-0.2, -0.15) is 0 Å². The molecular formula is C8H21N3Si3. The summed E-state index contributed by atoms with van der Waals surface area (Å²) in [5, 5.41) is 0. The number of hydrogen-bond donors (Lipinski definition) is 1. The van der Waals surface area contributed by atoms with Gasteiger partial charge in [-0.1, -0.05) is 11.4 Å². The molecule has 0 aromatic heterocycles. The summed E-state index contributed by atoms with van der Waals surface area (Å²) in [5.74, 6) is 0. The molecule has 0 atom stereocenters. The van der Waals surface area contributed by atoms with E-state index in [0.717, 1.165) is 0 Å². The van der Waals surface area contributed by atoms with Crippen molar-refractivity contribution in [3.63, 3.8) is 0 Å². The van der Waals surface area contributed by atoms with Gasteiger partial charge in [-0.25, -0.2) is 0 Å². The Bertz CT molecular complexity index is 246. The van der Waals surface area contributed by atoms with Crippen LogP contribution in [0.25, 0.3) is 0 Å². The summed E-state index contributed by atoms with van der Waals surface area (Å²) >= 11 is 0. The number of hydrogen-bond acceptors (Lipinski definition) is 3. The van der Waals surface area contributed by atoms with E-state index in [2.05, 4.69) is 64.9 Å². The third-order valence-corrected chi connectivity index (χ3v) is 18.3. The van der Waals surface area contributed by atoms with Crippen LogP contribution in [0.15, 0.2) is 24.6 Å². The molecule has 0 bridgehead atoms. The van der Waals surface area contributed by atoms with Crippen LogP contribution in [-0.2, 0) is 0 Å². The van der Waals surface area contributed by atoms with Crippen molar-refractivity contribution >= 4 is 26.6 Å². The van der Waals surface area contributed by atoms with Gasteiger partial charge in [0, 0.05) is 0 Å². The predicted molar refractivity (Wildman–Crippen MR) is 70.8 cm³/mol. The number of nitrogens with zero attached hydrogens (tertiary/aromatic N) is 2. The average molecular weight is 244 g/mol. The van der Waals surface area contributed by atoms with Crippen molar-refractivity contribution in [2.45, 2.75) is 13.1 Å². The molecule has 1 heterocycles. The lowest BCUT2D eigenvalue weighted by molar-refractivity contribution is 0.608. The van der Waals surface area contributed by atoms with Gasteiger partial charge in [-0.05, 0) is 27.2 Å². The highest BCUT2D eigenvalue weighted by Crippen LogP contribution is 2.22. The Kier molecular flexibility index (Phi) is 3.34. The molecule has 3 nitrogen and oxygen atoms in total. The second-order valence-corrected chi connectivity index (χ2v) is 15.6. The van der Waals surface area contributed by atoms with Gasteiger partial charge in [0.25, 0.3) is 0 Å². The Morgan fingerprint density at radius 3 is 2.14 bits per heavy atom. The lowest BCUT2D eigenvalue weighted by Crippen LogP contribution is -2.80. The van der Waals surface area contributed by atoms with Crippen molar-refractivity contribution in [1.29, 1.82) is 0 Å². The fraction of sp³-hybridized carbons (Fsp3) is 0.500. The van der Waals surface area contributed by atoms with Gasteiger partial charge in [0.05, 0.1) is 0 Å². The second kappa shape index (κ2) is 3.87. The summed E-state index contributed by atoms with van der Waals surface area (Å²) in [6.45, 7) is 12.8. The third-order valence-electron chi connectivity index (χ3n) is 3.53. The molecule has 0 saturated carbocycles. The third kappa shape index (κ3) is 1.62. The van der Waals surface area contributed by atoms with E-state index in [1.165, 1.54) is 0 Å². The first kappa shape index (κ1) is 12.1. The normalized spacial score (nSPS) is 28.9. The maximum atomic E-state index is 3.98. The molecule has 1 N–H and O–H groups in total. The molecule has 0 radical (unpaired) electrons. The van der Waals surface area contributed by atoms with E-state index < -0.39 is 16.8 Å². The monoisotopic (exact) mass is 243 g/mol. The van der Waals surface area contributed by atoms with Crippen molar-refractivity contribution in [1.82, 2.24) is 13.1 Å². The lowest BCUT2D eigenvalue weighted by Gasteiger charge is -2.53. The number of nitrogens with one attached hydrogen (secondary N) is 1. The van der Waals surface area contributed by atoms with Crippen LogP contribution in [0.4, 0.5) is 0 Å². The summed E-state index contributed by atoms with van der Waals surface area (Å²) in [6.07, 6.45) is 0. The minimum Gasteiger partial charge on any atom is -0.334 e. The standard InChI is InChI=1S/C8H21N3Si3/c1-7-14(8-2)9-12-10(3)13(5,6)11(14)4/h7-9H,1-2,12H2,3-6H3. The van der Waals surface area contributed by atoms with Crippen LogP contribution in [0.5, 0.6) is 0 Å². The van der Waals surface area contributed by atoms with Gasteiger partial charge in [0.1, 0.15) is 0 Å². The molecule has 1 fully saturated rings. The van der Waals surface area contributed by atoms with Crippen LogP contribution in [0.3, 0.4) is 0 Å². The maximum absolute atomic E-state index is 3.98. The van der Waals surface area contributed by atoms with Gasteiger partial charge in [0.2, 0.25) is 8.40 Å². The van der Waals surface area contributed by atoms with E-state index in [9.17, 15) is 0 Å². The second-order valence-electron chi connectivity index (χ2n) is 4.32. The Morgan fingerprint density at radius 1 is 1.21 bits per heavy atom. The summed E-state index contributed by atoms with van der Waals surface area (Å²) in [7, 11) is 1.05. The Morgan fingerprint density at radius 2 is 1.71 bits per heavy atom. The largest absolute Gasteiger partial charge is 0.334 e. The summed E-state index contributed by atoms with van der Waals surface area (Å²) in [6, 6.07) is 0. The van der Waals surface area contributed by atoms with E-state index in [0.29, 0.717) is 0 Å². The fourth-order valence-corrected chi connectivity index (χ4v) is 15.8. The van der Waals surface area contributed by atoms with Crippen LogP contribution in [0.2, 0.25) is 13.1 Å². The fourth-order valence-electron chi connectivity index (χ4n) is 1.77. The molecule has 0 aromatic carbocycles. The topological polar surface area (TPSA) is 18.5 Å². The van der Waals surface area contributed by atoms with E-state index in [1.807, 2.05) is 0 Å². The molecule has 6 heteroatoms. The van der Waals surface area contributed by atoms with Gasteiger partial charge in [0.15, 0.2) is 18.2 Å². The summed E-state index contributed by atoms with van der Waals surface area (Å²) in [4.78, 5) is 0. The van der Waals surface area contributed by atoms with Crippen LogP contribution < -0.4 is 4.65 Å². The zero-order valence-electron chi connectivity index (χ0n) is 9.67. The average Bonchev–Trinajstić information content (AvgIpc) is 2.17. The first-order valence-electron chi connectivity index (χ1n) is 4.88. The van der Waals surface area contributed by atoms with Crippen molar-refractivity contribution in [2.24, 2.45) is 0 Å². The van der Waals surface area contributed by atoms with Crippen LogP contribution in [0.1, 0.15) is 0 Å². The van der Waals surface area contributed by atoms with E-state index in [4.69, 9.17) is 0 Å². The minimum atomic E-state index is -1.72. The van der Waals surface area contributed by atoms with Crippen molar-refractivity contribution in [3.05, 3.63) is 24.6 Å². The first-order chi connectivity index (χ1) is 6.40. The zero-order valence-corrected chi connectivity index (χ0v) is 13.1. The lowest BCUT2D eigenvalue weighted by atomic mass is 11.2. The quantitative estimate of drug-likeness (QED) is 0.692. The van der Waals surface area contributed by atoms with Gasteiger partial charge < -0.3 is 13.1 Å². The summed E-state index contributed by atoms with van der Waals surface area (Å²) < 4.78 is 8.81. The Hall–Kier alpha value is 0.0106. The van der Waals surface area contributed by atoms with E-state index in [-0.39, 0.29) is 9.84 Å². The van der Waals surface area contributed by atoms with Gasteiger partial charge >= 0.3 is 0 Å². The van der Waals surface area contributed by atoms with Crippen LogP contribution in [-0.4, -0.2) is 49.2 Å². The van der Waals surface area contributed by atoms with Crippen LogP contribution >= 0.6 is 0 Å². The van der Waals surface area contributed by atoms with E-state index in [1.54, 1.807) is 0 Å². The molecule has 1 saturated heterocycles. The highest BCUT2D eigenvalue weighted by Gasteiger charge is 2.47. The molecule has 0 unspecified atom stereocenters. The highest BCUT2D eigenvalue weighted by atomic mass is 28.5. The molecule has 1 rings (SSSR count). The molecule has 14 heavy (non-hydrogen) atoms. The van der Waals surface area contributed by atoms with Gasteiger partial charge in [-0.3, -0.25) is 0 Å². The molecule has 80 valence electrons. The highest BCUT2D eigenvalue weighted by molar-refractivity contribution is 7.01. The smallest absolute Gasteiger partial charge is 0.242 e. The molecule has 0 aromatic rings. The summed E-state index contributed by atoms with van der Waals surface area (Å²) in [5.41, 5.74) is 4.21. The first-order valence-corrected chi connectivity index (χ1v) is 11.2. The number of rotatable bonds is 2. The predicted octanol–water partition coefficient (Wildman–Crippen LogP) is 0.0464. The zero-order chi connectivity index (χ0) is 11.0. The Labute approximate surface area is 91.8 Å². The van der Waals surface area contributed by atoms with Crippen molar-refractivity contribution in [2.75, 3.05) is 14.1 Å². The van der Waals surface area contributed by atoms with Crippen molar-refractivity contribution in [3.8, 4) is 0 Å². The molecule has 0 spiro atoms. The maximum Gasteiger partial charge on any atom is 0.242 e.